The van der Waals surface area contributed by atoms with Gasteiger partial charge in [0.05, 0.1) is 13.0 Å². The number of amides is 2. The van der Waals surface area contributed by atoms with E-state index < -0.39 is 0 Å². The zero-order chi connectivity index (χ0) is 13.4. The van der Waals surface area contributed by atoms with Crippen molar-refractivity contribution in [2.24, 2.45) is 5.92 Å². The highest BCUT2D eigenvalue weighted by Gasteiger charge is 2.27. The minimum atomic E-state index is -0.229. The van der Waals surface area contributed by atoms with Crippen molar-refractivity contribution in [2.45, 2.75) is 32.1 Å². The summed E-state index contributed by atoms with van der Waals surface area (Å²) in [6.07, 6.45) is 3.18. The highest BCUT2D eigenvalue weighted by Crippen LogP contribution is 2.08. The molecule has 2 amide bonds. The summed E-state index contributed by atoms with van der Waals surface area (Å²) in [4.78, 5) is 33.4. The van der Waals surface area contributed by atoms with E-state index in [4.69, 9.17) is 0 Å². The van der Waals surface area contributed by atoms with Gasteiger partial charge < -0.3 is 15.4 Å². The van der Waals surface area contributed by atoms with Crippen LogP contribution in [0.4, 0.5) is 0 Å². The van der Waals surface area contributed by atoms with Crippen molar-refractivity contribution >= 4 is 17.8 Å². The Labute approximate surface area is 106 Å². The lowest BCUT2D eigenvalue weighted by molar-refractivity contribution is -0.140. The van der Waals surface area contributed by atoms with E-state index in [1.165, 1.54) is 7.11 Å². The van der Waals surface area contributed by atoms with Crippen LogP contribution in [-0.4, -0.2) is 38.0 Å². The second-order valence-corrected chi connectivity index (χ2v) is 4.38. The Morgan fingerprint density at radius 1 is 1.39 bits per heavy atom. The fourth-order valence-corrected chi connectivity index (χ4v) is 1.82. The molecule has 2 N–H and O–H groups in total. The molecule has 0 aromatic carbocycles. The monoisotopic (exact) mass is 256 g/mol. The molecule has 1 unspecified atom stereocenters. The molecule has 0 spiro atoms. The molecular formula is C12H20N2O4. The molecule has 0 bridgehead atoms. The molecule has 102 valence electrons. The number of methoxy groups -OCH3 is 1. The first-order chi connectivity index (χ1) is 8.63. The topological polar surface area (TPSA) is 84.5 Å². The highest BCUT2D eigenvalue weighted by atomic mass is 16.5. The zero-order valence-electron chi connectivity index (χ0n) is 10.7. The number of esters is 1. The SMILES string of the molecule is COC(=O)CCCCCNC(=O)C1CNC(=O)C1. The minimum Gasteiger partial charge on any atom is -0.469 e. The minimum absolute atomic E-state index is 0.0618. The molecule has 0 aromatic heterocycles. The van der Waals surface area contributed by atoms with Crippen LogP contribution in [0, 0.1) is 5.92 Å². The van der Waals surface area contributed by atoms with E-state index in [9.17, 15) is 14.4 Å². The molecule has 0 aliphatic carbocycles. The van der Waals surface area contributed by atoms with Gasteiger partial charge in [0.2, 0.25) is 11.8 Å². The van der Waals surface area contributed by atoms with E-state index in [0.29, 0.717) is 19.5 Å². The van der Waals surface area contributed by atoms with Gasteiger partial charge in [-0.1, -0.05) is 6.42 Å². The summed E-state index contributed by atoms with van der Waals surface area (Å²) in [6, 6.07) is 0. The largest absolute Gasteiger partial charge is 0.469 e. The van der Waals surface area contributed by atoms with Crippen molar-refractivity contribution in [1.29, 1.82) is 0 Å². The quantitative estimate of drug-likeness (QED) is 0.495. The van der Waals surface area contributed by atoms with Crippen molar-refractivity contribution in [2.75, 3.05) is 20.2 Å². The number of unbranched alkanes of at least 4 members (excludes halogenated alkanes) is 2. The second kappa shape index (κ2) is 7.68. The van der Waals surface area contributed by atoms with E-state index >= 15 is 0 Å². The third kappa shape index (κ3) is 5.16. The van der Waals surface area contributed by atoms with Crippen molar-refractivity contribution < 1.29 is 19.1 Å². The fraction of sp³-hybridized carbons (Fsp3) is 0.750. The van der Waals surface area contributed by atoms with Crippen LogP contribution in [0.1, 0.15) is 32.1 Å². The Bertz CT molecular complexity index is 317. The first-order valence-corrected chi connectivity index (χ1v) is 6.24. The van der Waals surface area contributed by atoms with Gasteiger partial charge in [0, 0.05) is 25.9 Å². The molecule has 0 saturated carbocycles. The lowest BCUT2D eigenvalue weighted by Crippen LogP contribution is -2.32. The number of hydrogen-bond acceptors (Lipinski definition) is 4. The summed E-state index contributed by atoms with van der Waals surface area (Å²) in [6.45, 7) is 1.03. The third-order valence-corrected chi connectivity index (χ3v) is 2.93. The Hall–Kier alpha value is -1.59. The molecule has 6 nitrogen and oxygen atoms in total. The predicted molar refractivity (Wildman–Crippen MR) is 64.6 cm³/mol. The molecule has 6 heteroatoms. The molecule has 1 aliphatic heterocycles. The van der Waals surface area contributed by atoms with Crippen LogP contribution in [0.3, 0.4) is 0 Å². The maximum Gasteiger partial charge on any atom is 0.305 e. The Morgan fingerprint density at radius 2 is 2.17 bits per heavy atom. The molecular weight excluding hydrogens is 236 g/mol. The Morgan fingerprint density at radius 3 is 2.78 bits per heavy atom. The maximum atomic E-state index is 11.6. The van der Waals surface area contributed by atoms with Crippen LogP contribution in [-0.2, 0) is 19.1 Å². The summed E-state index contributed by atoms with van der Waals surface area (Å²) in [5, 5.41) is 5.43. The summed E-state index contributed by atoms with van der Waals surface area (Å²) in [7, 11) is 1.37. The van der Waals surface area contributed by atoms with Crippen LogP contribution >= 0.6 is 0 Å². The van der Waals surface area contributed by atoms with Crippen molar-refractivity contribution in [3.05, 3.63) is 0 Å². The van der Waals surface area contributed by atoms with E-state index in [-0.39, 0.29) is 30.1 Å². The van der Waals surface area contributed by atoms with Crippen molar-refractivity contribution in [3.63, 3.8) is 0 Å². The summed E-state index contributed by atoms with van der Waals surface area (Å²) in [5.74, 6) is -0.559. The second-order valence-electron chi connectivity index (χ2n) is 4.38. The van der Waals surface area contributed by atoms with E-state index in [0.717, 1.165) is 19.3 Å². The van der Waals surface area contributed by atoms with E-state index in [1.807, 2.05) is 0 Å². The fourth-order valence-electron chi connectivity index (χ4n) is 1.82. The highest BCUT2D eigenvalue weighted by molar-refractivity contribution is 5.89. The van der Waals surface area contributed by atoms with Crippen LogP contribution in [0.25, 0.3) is 0 Å². The van der Waals surface area contributed by atoms with Crippen molar-refractivity contribution in [1.82, 2.24) is 10.6 Å². The third-order valence-electron chi connectivity index (χ3n) is 2.93. The predicted octanol–water partition coefficient (Wildman–Crippen LogP) is -0.0279. The van der Waals surface area contributed by atoms with Crippen LogP contribution in [0.2, 0.25) is 0 Å². The average molecular weight is 256 g/mol. The van der Waals surface area contributed by atoms with Gasteiger partial charge in [-0.25, -0.2) is 0 Å². The number of ether oxygens (including phenoxy) is 1. The normalized spacial score (nSPS) is 18.3. The van der Waals surface area contributed by atoms with Crippen LogP contribution in [0.15, 0.2) is 0 Å². The first kappa shape index (κ1) is 14.5. The molecule has 1 fully saturated rings. The lowest BCUT2D eigenvalue weighted by atomic mass is 10.1. The number of carbonyl (C=O) groups excluding carboxylic acids is 3. The maximum absolute atomic E-state index is 11.6. The molecule has 1 heterocycles. The number of rotatable bonds is 7. The summed E-state index contributed by atoms with van der Waals surface area (Å²) >= 11 is 0. The van der Waals surface area contributed by atoms with Crippen LogP contribution < -0.4 is 10.6 Å². The summed E-state index contributed by atoms with van der Waals surface area (Å²) < 4.78 is 4.52. The Balaban J connectivity index is 1.99. The number of hydrogen-bond donors (Lipinski definition) is 2. The molecule has 1 atom stereocenters. The van der Waals surface area contributed by atoms with Crippen molar-refractivity contribution in [3.8, 4) is 0 Å². The van der Waals surface area contributed by atoms with Gasteiger partial charge in [0.15, 0.2) is 0 Å². The lowest BCUT2D eigenvalue weighted by Gasteiger charge is -2.08. The molecule has 1 aliphatic rings. The zero-order valence-corrected chi connectivity index (χ0v) is 10.7. The molecule has 0 radical (unpaired) electrons. The van der Waals surface area contributed by atoms with Gasteiger partial charge in [-0.2, -0.15) is 0 Å². The summed E-state index contributed by atoms with van der Waals surface area (Å²) in [5.41, 5.74) is 0. The molecule has 0 aromatic rings. The molecule has 1 rings (SSSR count). The Kier molecular flexibility index (Phi) is 6.18. The van der Waals surface area contributed by atoms with Gasteiger partial charge in [0.25, 0.3) is 0 Å². The van der Waals surface area contributed by atoms with Gasteiger partial charge in [0.1, 0.15) is 0 Å². The smallest absolute Gasteiger partial charge is 0.305 e. The standard InChI is InChI=1S/C12H20N2O4/c1-18-11(16)5-3-2-4-6-13-12(17)9-7-10(15)14-8-9/h9H,2-8H2,1H3,(H,13,17)(H,14,15). The molecule has 18 heavy (non-hydrogen) atoms. The van der Waals surface area contributed by atoms with E-state index in [1.54, 1.807) is 0 Å². The van der Waals surface area contributed by atoms with Crippen LogP contribution in [0.5, 0.6) is 0 Å². The number of nitrogens with one attached hydrogen (secondary N) is 2. The van der Waals surface area contributed by atoms with E-state index in [2.05, 4.69) is 15.4 Å². The average Bonchev–Trinajstić information content (AvgIpc) is 2.79. The number of carbonyl (C=O) groups is 3. The molecule has 1 saturated heterocycles. The van der Waals surface area contributed by atoms with Gasteiger partial charge in [-0.15, -0.1) is 0 Å². The first-order valence-electron chi connectivity index (χ1n) is 6.24. The van der Waals surface area contributed by atoms with Gasteiger partial charge in [-0.3, -0.25) is 14.4 Å². The van der Waals surface area contributed by atoms with Gasteiger partial charge >= 0.3 is 5.97 Å². The van der Waals surface area contributed by atoms with Gasteiger partial charge in [-0.05, 0) is 12.8 Å².